The molecule has 1 aromatic heterocycles. The average molecular weight is 203 g/mol. The van der Waals surface area contributed by atoms with Gasteiger partial charge in [0.25, 0.3) is 5.56 Å². The molecule has 0 saturated carbocycles. The lowest BCUT2D eigenvalue weighted by molar-refractivity contribution is 0.481. The average Bonchev–Trinajstić information content (AvgIpc) is 2.17. The number of benzene rings is 1. The lowest BCUT2D eigenvalue weighted by Gasteiger charge is -2.09. The number of hydrogen-bond acceptors (Lipinski definition) is 2. The fourth-order valence-corrected chi connectivity index (χ4v) is 1.79. The highest BCUT2D eigenvalue weighted by Gasteiger charge is 2.10. The topological polar surface area (TPSA) is 53.1 Å². The minimum Gasteiger partial charge on any atom is -0.507 e. The third-order valence-electron chi connectivity index (χ3n) is 2.56. The van der Waals surface area contributed by atoms with Crippen LogP contribution in [0.25, 0.3) is 10.8 Å². The Morgan fingerprint density at radius 1 is 1.33 bits per heavy atom. The second-order valence-corrected chi connectivity index (χ2v) is 3.93. The number of hydrogen-bond donors (Lipinski definition) is 2. The first-order valence-corrected chi connectivity index (χ1v) is 4.94. The van der Waals surface area contributed by atoms with Crippen molar-refractivity contribution < 1.29 is 5.11 Å². The number of aromatic nitrogens is 1. The molecule has 0 atom stereocenters. The van der Waals surface area contributed by atoms with E-state index in [2.05, 4.69) is 18.8 Å². The predicted octanol–water partition coefficient (Wildman–Crippen LogP) is 2.36. The highest BCUT2D eigenvalue weighted by molar-refractivity contribution is 5.89. The fraction of sp³-hybridized carbons (Fsp3) is 0.250. The standard InChI is InChI=1S/C12H13NO2/c1-7(2)9-6-13-12(15)11-8(9)4-3-5-10(11)14/h3-7,14H,1-2H3,(H,13,15). The van der Waals surface area contributed by atoms with Crippen LogP contribution >= 0.6 is 0 Å². The van der Waals surface area contributed by atoms with E-state index in [9.17, 15) is 9.90 Å². The first kappa shape index (κ1) is 9.77. The Morgan fingerprint density at radius 2 is 2.07 bits per heavy atom. The van der Waals surface area contributed by atoms with Gasteiger partial charge < -0.3 is 10.1 Å². The number of pyridine rings is 1. The lowest BCUT2D eigenvalue weighted by Crippen LogP contribution is -2.08. The molecule has 0 amide bonds. The zero-order valence-electron chi connectivity index (χ0n) is 8.74. The van der Waals surface area contributed by atoms with Gasteiger partial charge >= 0.3 is 0 Å². The molecule has 0 saturated heterocycles. The Hall–Kier alpha value is -1.77. The molecule has 0 aliphatic heterocycles. The van der Waals surface area contributed by atoms with Crippen molar-refractivity contribution in [2.75, 3.05) is 0 Å². The van der Waals surface area contributed by atoms with Crippen molar-refractivity contribution in [1.82, 2.24) is 4.98 Å². The van der Waals surface area contributed by atoms with Gasteiger partial charge in [-0.25, -0.2) is 0 Å². The smallest absolute Gasteiger partial charge is 0.259 e. The second kappa shape index (κ2) is 3.42. The number of aromatic amines is 1. The second-order valence-electron chi connectivity index (χ2n) is 3.93. The minimum absolute atomic E-state index is 0.0382. The summed E-state index contributed by atoms with van der Waals surface area (Å²) in [5, 5.41) is 10.8. The van der Waals surface area contributed by atoms with E-state index in [0.29, 0.717) is 11.3 Å². The number of phenols is 1. The first-order chi connectivity index (χ1) is 7.11. The normalized spacial score (nSPS) is 11.1. The molecule has 3 nitrogen and oxygen atoms in total. The van der Waals surface area contributed by atoms with Gasteiger partial charge in [-0.1, -0.05) is 26.0 Å². The van der Waals surface area contributed by atoms with Gasteiger partial charge in [0.1, 0.15) is 5.75 Å². The van der Waals surface area contributed by atoms with Crippen LogP contribution in [0.3, 0.4) is 0 Å². The van der Waals surface area contributed by atoms with E-state index in [4.69, 9.17) is 0 Å². The molecular formula is C12H13NO2. The van der Waals surface area contributed by atoms with E-state index in [1.165, 1.54) is 6.07 Å². The SMILES string of the molecule is CC(C)c1c[nH]c(=O)c2c(O)cccc12. The minimum atomic E-state index is -0.243. The predicted molar refractivity (Wildman–Crippen MR) is 60.3 cm³/mol. The van der Waals surface area contributed by atoms with Crippen LogP contribution in [-0.4, -0.2) is 10.1 Å². The van der Waals surface area contributed by atoms with Gasteiger partial charge in [0.05, 0.1) is 5.39 Å². The summed E-state index contributed by atoms with van der Waals surface area (Å²) in [7, 11) is 0. The molecule has 0 unspecified atom stereocenters. The van der Waals surface area contributed by atoms with E-state index in [0.717, 1.165) is 10.9 Å². The molecule has 1 heterocycles. The molecule has 0 fully saturated rings. The van der Waals surface area contributed by atoms with Crippen LogP contribution in [0, 0.1) is 0 Å². The van der Waals surface area contributed by atoms with Crippen LogP contribution < -0.4 is 5.56 Å². The van der Waals surface area contributed by atoms with Crippen molar-refractivity contribution in [3.05, 3.63) is 40.3 Å². The monoisotopic (exact) mass is 203 g/mol. The highest BCUT2D eigenvalue weighted by Crippen LogP contribution is 2.27. The zero-order chi connectivity index (χ0) is 11.0. The van der Waals surface area contributed by atoms with Crippen molar-refractivity contribution in [3.8, 4) is 5.75 Å². The van der Waals surface area contributed by atoms with E-state index in [-0.39, 0.29) is 11.3 Å². The van der Waals surface area contributed by atoms with E-state index < -0.39 is 0 Å². The maximum Gasteiger partial charge on any atom is 0.259 e. The van der Waals surface area contributed by atoms with E-state index in [1.807, 2.05) is 6.07 Å². The Labute approximate surface area is 87.4 Å². The van der Waals surface area contributed by atoms with Gasteiger partial charge in [-0.3, -0.25) is 4.79 Å². The summed E-state index contributed by atoms with van der Waals surface area (Å²) in [6.07, 6.45) is 1.72. The number of fused-ring (bicyclic) bond motifs is 1. The molecule has 15 heavy (non-hydrogen) atoms. The van der Waals surface area contributed by atoms with Crippen molar-refractivity contribution in [3.63, 3.8) is 0 Å². The molecule has 0 radical (unpaired) electrons. The van der Waals surface area contributed by atoms with Crippen LogP contribution in [0.2, 0.25) is 0 Å². The summed E-state index contributed by atoms with van der Waals surface area (Å²) in [5.41, 5.74) is 0.799. The van der Waals surface area contributed by atoms with Gasteiger partial charge in [0, 0.05) is 6.20 Å². The van der Waals surface area contributed by atoms with Crippen LogP contribution in [0.4, 0.5) is 0 Å². The van der Waals surface area contributed by atoms with Crippen molar-refractivity contribution in [1.29, 1.82) is 0 Å². The molecule has 0 aliphatic carbocycles. The van der Waals surface area contributed by atoms with Gasteiger partial charge in [-0.2, -0.15) is 0 Å². The summed E-state index contributed by atoms with van der Waals surface area (Å²) in [5.74, 6) is 0.349. The molecule has 2 N–H and O–H groups in total. The van der Waals surface area contributed by atoms with Crippen molar-refractivity contribution in [2.45, 2.75) is 19.8 Å². The molecular weight excluding hydrogens is 190 g/mol. The quantitative estimate of drug-likeness (QED) is 0.747. The number of H-pyrrole nitrogens is 1. The maximum atomic E-state index is 11.6. The third kappa shape index (κ3) is 1.50. The fourth-order valence-electron chi connectivity index (χ4n) is 1.79. The highest BCUT2D eigenvalue weighted by atomic mass is 16.3. The largest absolute Gasteiger partial charge is 0.507 e. The van der Waals surface area contributed by atoms with E-state index >= 15 is 0 Å². The first-order valence-electron chi connectivity index (χ1n) is 4.94. The Morgan fingerprint density at radius 3 is 2.73 bits per heavy atom. The van der Waals surface area contributed by atoms with Gasteiger partial charge in [0.15, 0.2) is 0 Å². The summed E-state index contributed by atoms with van der Waals surface area (Å²) >= 11 is 0. The Balaban J connectivity index is 2.95. The van der Waals surface area contributed by atoms with Gasteiger partial charge in [-0.05, 0) is 22.9 Å². The Bertz CT molecular complexity index is 555. The molecule has 2 aromatic rings. The molecule has 0 bridgehead atoms. The Kier molecular flexibility index (Phi) is 2.23. The summed E-state index contributed by atoms with van der Waals surface area (Å²) in [4.78, 5) is 14.2. The number of rotatable bonds is 1. The lowest BCUT2D eigenvalue weighted by atomic mass is 9.98. The maximum absolute atomic E-state index is 11.6. The molecule has 1 aromatic carbocycles. The van der Waals surface area contributed by atoms with Gasteiger partial charge in [-0.15, -0.1) is 0 Å². The van der Waals surface area contributed by atoms with Gasteiger partial charge in [0.2, 0.25) is 0 Å². The van der Waals surface area contributed by atoms with Crippen molar-refractivity contribution >= 4 is 10.8 Å². The van der Waals surface area contributed by atoms with Crippen LogP contribution in [0.1, 0.15) is 25.3 Å². The van der Waals surface area contributed by atoms with Crippen LogP contribution in [0.5, 0.6) is 5.75 Å². The number of phenolic OH excluding ortho intramolecular Hbond substituents is 1. The number of nitrogens with one attached hydrogen (secondary N) is 1. The summed E-state index contributed by atoms with van der Waals surface area (Å²) in [6, 6.07) is 5.14. The van der Waals surface area contributed by atoms with Crippen LogP contribution in [-0.2, 0) is 0 Å². The molecule has 78 valence electrons. The molecule has 0 spiro atoms. The number of aromatic hydroxyl groups is 1. The zero-order valence-corrected chi connectivity index (χ0v) is 8.74. The summed E-state index contributed by atoms with van der Waals surface area (Å²) in [6.45, 7) is 4.11. The molecule has 0 aliphatic rings. The summed E-state index contributed by atoms with van der Waals surface area (Å²) < 4.78 is 0. The third-order valence-corrected chi connectivity index (χ3v) is 2.56. The van der Waals surface area contributed by atoms with E-state index in [1.54, 1.807) is 12.3 Å². The molecule has 2 rings (SSSR count). The van der Waals surface area contributed by atoms with Crippen molar-refractivity contribution in [2.24, 2.45) is 0 Å². The molecule has 3 heteroatoms. The van der Waals surface area contributed by atoms with Crippen LogP contribution in [0.15, 0.2) is 29.2 Å².